The summed E-state index contributed by atoms with van der Waals surface area (Å²) in [5.74, 6) is 0.672. The number of hydrogen-bond donors (Lipinski definition) is 1. The SMILES string of the molecule is C=CC(=O)N(CC)CC1CCCNC1. The van der Waals surface area contributed by atoms with Gasteiger partial charge in [0.25, 0.3) is 0 Å². The van der Waals surface area contributed by atoms with Crippen molar-refractivity contribution in [3.05, 3.63) is 12.7 Å². The molecule has 1 rings (SSSR count). The lowest BCUT2D eigenvalue weighted by Crippen LogP contribution is -2.40. The lowest BCUT2D eigenvalue weighted by Gasteiger charge is -2.28. The summed E-state index contributed by atoms with van der Waals surface area (Å²) in [5.41, 5.74) is 0. The van der Waals surface area contributed by atoms with Crippen LogP contribution in [-0.4, -0.2) is 37.0 Å². The van der Waals surface area contributed by atoms with Crippen LogP contribution >= 0.6 is 0 Å². The molecule has 0 bridgehead atoms. The average Bonchev–Trinajstić information content (AvgIpc) is 2.26. The van der Waals surface area contributed by atoms with Crippen molar-refractivity contribution in [2.24, 2.45) is 5.92 Å². The van der Waals surface area contributed by atoms with Crippen LogP contribution in [0.5, 0.6) is 0 Å². The number of nitrogens with zero attached hydrogens (tertiary/aromatic N) is 1. The second kappa shape index (κ2) is 5.81. The summed E-state index contributed by atoms with van der Waals surface area (Å²) in [6.45, 7) is 9.34. The zero-order valence-corrected chi connectivity index (χ0v) is 8.96. The normalized spacial score (nSPS) is 21.6. The maximum atomic E-state index is 11.4. The number of hydrogen-bond acceptors (Lipinski definition) is 2. The smallest absolute Gasteiger partial charge is 0.245 e. The molecule has 1 heterocycles. The molecule has 1 amide bonds. The van der Waals surface area contributed by atoms with Crippen LogP contribution in [0.1, 0.15) is 19.8 Å². The van der Waals surface area contributed by atoms with Crippen molar-refractivity contribution in [3.63, 3.8) is 0 Å². The van der Waals surface area contributed by atoms with Crippen molar-refractivity contribution in [1.29, 1.82) is 0 Å². The Hall–Kier alpha value is -0.830. The van der Waals surface area contributed by atoms with Crippen molar-refractivity contribution in [2.45, 2.75) is 19.8 Å². The van der Waals surface area contributed by atoms with Crippen LogP contribution in [0.4, 0.5) is 0 Å². The number of amides is 1. The van der Waals surface area contributed by atoms with Crippen LogP contribution in [0.15, 0.2) is 12.7 Å². The lowest BCUT2D eigenvalue weighted by molar-refractivity contribution is -0.126. The fourth-order valence-electron chi connectivity index (χ4n) is 1.90. The summed E-state index contributed by atoms with van der Waals surface area (Å²) in [5, 5.41) is 3.36. The molecule has 1 aliphatic rings. The van der Waals surface area contributed by atoms with Gasteiger partial charge in [-0.2, -0.15) is 0 Å². The van der Waals surface area contributed by atoms with E-state index in [1.54, 1.807) is 0 Å². The van der Waals surface area contributed by atoms with Crippen LogP contribution < -0.4 is 5.32 Å². The minimum Gasteiger partial charge on any atom is -0.339 e. The second-order valence-corrected chi connectivity index (χ2v) is 3.79. The minimum absolute atomic E-state index is 0.0538. The molecule has 1 unspecified atom stereocenters. The Kier molecular flexibility index (Phi) is 4.66. The molecule has 1 saturated heterocycles. The van der Waals surface area contributed by atoms with Gasteiger partial charge in [-0.1, -0.05) is 6.58 Å². The maximum absolute atomic E-state index is 11.4. The van der Waals surface area contributed by atoms with Crippen molar-refractivity contribution < 1.29 is 4.79 Å². The third kappa shape index (κ3) is 3.14. The van der Waals surface area contributed by atoms with Gasteiger partial charge >= 0.3 is 0 Å². The topological polar surface area (TPSA) is 32.3 Å². The summed E-state index contributed by atoms with van der Waals surface area (Å²) < 4.78 is 0. The van der Waals surface area contributed by atoms with Gasteiger partial charge in [-0.05, 0) is 44.8 Å². The molecule has 3 heteroatoms. The first-order valence-corrected chi connectivity index (χ1v) is 5.40. The highest BCUT2D eigenvalue weighted by atomic mass is 16.2. The van der Waals surface area contributed by atoms with E-state index in [4.69, 9.17) is 0 Å². The van der Waals surface area contributed by atoms with Gasteiger partial charge in [0.1, 0.15) is 0 Å². The first-order chi connectivity index (χ1) is 6.77. The van der Waals surface area contributed by atoms with E-state index in [9.17, 15) is 4.79 Å². The van der Waals surface area contributed by atoms with Crippen LogP contribution in [0, 0.1) is 5.92 Å². The van der Waals surface area contributed by atoms with Crippen molar-refractivity contribution in [1.82, 2.24) is 10.2 Å². The molecule has 80 valence electrons. The van der Waals surface area contributed by atoms with E-state index >= 15 is 0 Å². The summed E-state index contributed by atoms with van der Waals surface area (Å²) in [6.07, 6.45) is 3.86. The molecule has 1 fully saturated rings. The molecule has 3 nitrogen and oxygen atoms in total. The molecule has 0 saturated carbocycles. The van der Waals surface area contributed by atoms with Crippen LogP contribution in [0.3, 0.4) is 0 Å². The van der Waals surface area contributed by atoms with Gasteiger partial charge in [-0.3, -0.25) is 4.79 Å². The first-order valence-electron chi connectivity index (χ1n) is 5.40. The lowest BCUT2D eigenvalue weighted by atomic mass is 9.99. The molecular formula is C11H20N2O. The highest BCUT2D eigenvalue weighted by Gasteiger charge is 2.17. The van der Waals surface area contributed by atoms with Crippen molar-refractivity contribution >= 4 is 5.91 Å². The molecule has 0 aliphatic carbocycles. The van der Waals surface area contributed by atoms with E-state index in [2.05, 4.69) is 11.9 Å². The highest BCUT2D eigenvalue weighted by Crippen LogP contribution is 2.11. The molecule has 0 spiro atoms. The number of carbonyl (C=O) groups is 1. The quantitative estimate of drug-likeness (QED) is 0.681. The molecular weight excluding hydrogens is 176 g/mol. The fraction of sp³-hybridized carbons (Fsp3) is 0.727. The van der Waals surface area contributed by atoms with E-state index in [-0.39, 0.29) is 5.91 Å². The number of nitrogens with one attached hydrogen (secondary N) is 1. The minimum atomic E-state index is 0.0538. The van der Waals surface area contributed by atoms with Gasteiger partial charge in [-0.25, -0.2) is 0 Å². The van der Waals surface area contributed by atoms with Crippen molar-refractivity contribution in [2.75, 3.05) is 26.2 Å². The molecule has 1 N–H and O–H groups in total. The Morgan fingerprint density at radius 2 is 2.50 bits per heavy atom. The molecule has 0 radical (unpaired) electrons. The van der Waals surface area contributed by atoms with Crippen LogP contribution in [-0.2, 0) is 4.79 Å². The fourth-order valence-corrected chi connectivity index (χ4v) is 1.90. The Morgan fingerprint density at radius 1 is 1.71 bits per heavy atom. The summed E-state index contributed by atoms with van der Waals surface area (Å²) in [7, 11) is 0. The molecule has 0 aromatic rings. The summed E-state index contributed by atoms with van der Waals surface area (Å²) >= 11 is 0. The molecule has 1 atom stereocenters. The Morgan fingerprint density at radius 3 is 3.00 bits per heavy atom. The van der Waals surface area contributed by atoms with E-state index in [1.807, 2.05) is 11.8 Å². The number of piperidine rings is 1. The van der Waals surface area contributed by atoms with Gasteiger partial charge in [0.2, 0.25) is 5.91 Å². The maximum Gasteiger partial charge on any atom is 0.245 e. The standard InChI is InChI=1S/C11H20N2O/c1-3-11(14)13(4-2)9-10-6-5-7-12-8-10/h3,10,12H,1,4-9H2,2H3. The Labute approximate surface area is 86.2 Å². The molecule has 1 aliphatic heterocycles. The van der Waals surface area contributed by atoms with Crippen molar-refractivity contribution in [3.8, 4) is 0 Å². The number of rotatable bonds is 4. The Bertz CT molecular complexity index is 197. The summed E-state index contributed by atoms with van der Waals surface area (Å²) in [6, 6.07) is 0. The second-order valence-electron chi connectivity index (χ2n) is 3.79. The zero-order valence-electron chi connectivity index (χ0n) is 8.96. The van der Waals surface area contributed by atoms with Gasteiger partial charge in [0, 0.05) is 13.1 Å². The predicted molar refractivity (Wildman–Crippen MR) is 58.0 cm³/mol. The van der Waals surface area contributed by atoms with Gasteiger partial charge in [0.05, 0.1) is 0 Å². The third-order valence-electron chi connectivity index (χ3n) is 2.75. The molecule has 0 aromatic carbocycles. The zero-order chi connectivity index (χ0) is 10.4. The molecule has 0 aromatic heterocycles. The Balaban J connectivity index is 2.38. The van der Waals surface area contributed by atoms with E-state index in [0.29, 0.717) is 5.92 Å². The highest BCUT2D eigenvalue weighted by molar-refractivity contribution is 5.86. The predicted octanol–water partition coefficient (Wildman–Crippen LogP) is 1.02. The number of likely N-dealkylation sites (N-methyl/N-ethyl adjacent to an activating group) is 1. The number of carbonyl (C=O) groups excluding carboxylic acids is 1. The van der Waals surface area contributed by atoms with Gasteiger partial charge < -0.3 is 10.2 Å². The van der Waals surface area contributed by atoms with E-state index in [1.165, 1.54) is 18.9 Å². The average molecular weight is 196 g/mol. The monoisotopic (exact) mass is 196 g/mol. The first kappa shape index (κ1) is 11.2. The largest absolute Gasteiger partial charge is 0.339 e. The van der Waals surface area contributed by atoms with Crippen LogP contribution in [0.2, 0.25) is 0 Å². The van der Waals surface area contributed by atoms with Gasteiger partial charge in [-0.15, -0.1) is 0 Å². The third-order valence-corrected chi connectivity index (χ3v) is 2.75. The van der Waals surface area contributed by atoms with Gasteiger partial charge in [0.15, 0.2) is 0 Å². The van der Waals surface area contributed by atoms with E-state index in [0.717, 1.165) is 26.2 Å². The summed E-state index contributed by atoms with van der Waals surface area (Å²) in [4.78, 5) is 13.3. The van der Waals surface area contributed by atoms with E-state index < -0.39 is 0 Å². The molecule has 14 heavy (non-hydrogen) atoms. The van der Waals surface area contributed by atoms with Crippen LogP contribution in [0.25, 0.3) is 0 Å².